The summed E-state index contributed by atoms with van der Waals surface area (Å²) >= 11 is 8.47. The van der Waals surface area contributed by atoms with Gasteiger partial charge in [0, 0.05) is 12.0 Å². The number of hydrogen-bond acceptors (Lipinski definition) is 2. The zero-order chi connectivity index (χ0) is 12.3. The van der Waals surface area contributed by atoms with E-state index >= 15 is 0 Å². The molecule has 0 bridgehead atoms. The van der Waals surface area contributed by atoms with Crippen molar-refractivity contribution >= 4 is 49.0 Å². The van der Waals surface area contributed by atoms with E-state index in [1.54, 1.807) is 11.3 Å². The SMILES string of the molecule is O=C(CC1CCCCCC1)c1cc(Br)sc1Br. The molecule has 1 aromatic rings. The highest BCUT2D eigenvalue weighted by atomic mass is 79.9. The van der Waals surface area contributed by atoms with Gasteiger partial charge >= 0.3 is 0 Å². The third-order valence-electron chi connectivity index (χ3n) is 3.41. The van der Waals surface area contributed by atoms with Crippen LogP contribution in [-0.4, -0.2) is 5.78 Å². The molecule has 1 nitrogen and oxygen atoms in total. The molecular formula is C13H16Br2OS. The summed E-state index contributed by atoms with van der Waals surface area (Å²) in [4.78, 5) is 12.2. The molecule has 1 aromatic heterocycles. The molecule has 0 radical (unpaired) electrons. The lowest BCUT2D eigenvalue weighted by molar-refractivity contribution is 0.0957. The van der Waals surface area contributed by atoms with Gasteiger partial charge in [0.25, 0.3) is 0 Å². The third-order valence-corrected chi connectivity index (χ3v) is 5.75. The molecule has 0 unspecified atom stereocenters. The molecule has 1 fully saturated rings. The van der Waals surface area contributed by atoms with Gasteiger partial charge in [-0.1, -0.05) is 38.5 Å². The highest BCUT2D eigenvalue weighted by Crippen LogP contribution is 2.34. The Balaban J connectivity index is 1.98. The number of thiophene rings is 1. The number of rotatable bonds is 3. The second-order valence-electron chi connectivity index (χ2n) is 4.72. The van der Waals surface area contributed by atoms with E-state index in [1.165, 1.54) is 38.5 Å². The number of carbonyl (C=O) groups is 1. The lowest BCUT2D eigenvalue weighted by Gasteiger charge is -2.12. The summed E-state index contributed by atoms with van der Waals surface area (Å²) in [5.41, 5.74) is 0.853. The predicted octanol–water partition coefficient (Wildman–Crippen LogP) is 5.82. The van der Waals surface area contributed by atoms with Gasteiger partial charge in [0.2, 0.25) is 0 Å². The number of Topliss-reactive ketones (excluding diaryl/α,β-unsaturated/α-hetero) is 1. The first kappa shape index (κ1) is 13.8. The molecule has 2 rings (SSSR count). The summed E-state index contributed by atoms with van der Waals surface area (Å²) in [6.45, 7) is 0. The summed E-state index contributed by atoms with van der Waals surface area (Å²) in [5, 5.41) is 0. The predicted molar refractivity (Wildman–Crippen MR) is 79.9 cm³/mol. The van der Waals surface area contributed by atoms with Gasteiger partial charge in [0.1, 0.15) is 0 Å². The second-order valence-corrected chi connectivity index (χ2v) is 8.47. The molecule has 4 heteroatoms. The van der Waals surface area contributed by atoms with Crippen molar-refractivity contribution in [2.24, 2.45) is 5.92 Å². The number of hydrogen-bond donors (Lipinski definition) is 0. The van der Waals surface area contributed by atoms with Gasteiger partial charge in [-0.2, -0.15) is 0 Å². The Bertz CT molecular complexity index is 392. The fraction of sp³-hybridized carbons (Fsp3) is 0.615. The molecule has 0 N–H and O–H groups in total. The van der Waals surface area contributed by atoms with Crippen LogP contribution in [0.1, 0.15) is 55.3 Å². The molecule has 0 saturated heterocycles. The zero-order valence-electron chi connectivity index (χ0n) is 9.68. The van der Waals surface area contributed by atoms with Crippen molar-refractivity contribution in [2.75, 3.05) is 0 Å². The Morgan fingerprint density at radius 2 is 1.88 bits per heavy atom. The maximum Gasteiger partial charge on any atom is 0.165 e. The van der Waals surface area contributed by atoms with E-state index in [-0.39, 0.29) is 0 Å². The van der Waals surface area contributed by atoms with E-state index in [1.807, 2.05) is 6.07 Å². The summed E-state index contributed by atoms with van der Waals surface area (Å²) < 4.78 is 1.98. The van der Waals surface area contributed by atoms with E-state index in [9.17, 15) is 4.79 Å². The number of ketones is 1. The van der Waals surface area contributed by atoms with Crippen LogP contribution in [0.2, 0.25) is 0 Å². The Labute approximate surface area is 123 Å². The summed E-state index contributed by atoms with van der Waals surface area (Å²) in [6, 6.07) is 1.94. The van der Waals surface area contributed by atoms with Crippen molar-refractivity contribution in [3.8, 4) is 0 Å². The fourth-order valence-corrected chi connectivity index (χ4v) is 5.33. The van der Waals surface area contributed by atoms with Crippen molar-refractivity contribution in [2.45, 2.75) is 44.9 Å². The molecule has 0 atom stereocenters. The van der Waals surface area contributed by atoms with Crippen molar-refractivity contribution in [1.29, 1.82) is 0 Å². The topological polar surface area (TPSA) is 17.1 Å². The largest absolute Gasteiger partial charge is 0.294 e. The van der Waals surface area contributed by atoms with Crippen molar-refractivity contribution < 1.29 is 4.79 Å². The van der Waals surface area contributed by atoms with Gasteiger partial charge in [-0.3, -0.25) is 4.79 Å². The third kappa shape index (κ3) is 3.90. The Morgan fingerprint density at radius 3 is 2.41 bits per heavy atom. The Kier molecular flexibility index (Phi) is 5.25. The summed E-state index contributed by atoms with van der Waals surface area (Å²) in [7, 11) is 0. The average Bonchev–Trinajstić information content (AvgIpc) is 2.51. The van der Waals surface area contributed by atoms with Gasteiger partial charge < -0.3 is 0 Å². The van der Waals surface area contributed by atoms with E-state index in [0.717, 1.165) is 19.6 Å². The van der Waals surface area contributed by atoms with E-state index in [2.05, 4.69) is 31.9 Å². The average molecular weight is 380 g/mol. The molecule has 1 aliphatic rings. The monoisotopic (exact) mass is 378 g/mol. The Hall–Kier alpha value is 0.330. The van der Waals surface area contributed by atoms with Gasteiger partial charge in [-0.05, 0) is 43.8 Å². The van der Waals surface area contributed by atoms with Crippen LogP contribution in [0.25, 0.3) is 0 Å². The summed E-state index contributed by atoms with van der Waals surface area (Å²) in [5.74, 6) is 0.904. The molecule has 17 heavy (non-hydrogen) atoms. The smallest absolute Gasteiger partial charge is 0.165 e. The first-order valence-corrected chi connectivity index (χ1v) is 8.55. The number of carbonyl (C=O) groups excluding carboxylic acids is 1. The zero-order valence-corrected chi connectivity index (χ0v) is 13.7. The van der Waals surface area contributed by atoms with Crippen molar-refractivity contribution in [1.82, 2.24) is 0 Å². The molecule has 0 aromatic carbocycles. The molecule has 0 spiro atoms. The molecule has 0 amide bonds. The van der Waals surface area contributed by atoms with E-state index in [4.69, 9.17) is 0 Å². The van der Waals surface area contributed by atoms with E-state index < -0.39 is 0 Å². The van der Waals surface area contributed by atoms with Crippen LogP contribution < -0.4 is 0 Å². The highest BCUT2D eigenvalue weighted by Gasteiger charge is 2.19. The van der Waals surface area contributed by atoms with Crippen molar-refractivity contribution in [3.63, 3.8) is 0 Å². The molecule has 94 valence electrons. The molecule has 1 saturated carbocycles. The van der Waals surface area contributed by atoms with Crippen LogP contribution in [0.5, 0.6) is 0 Å². The lowest BCUT2D eigenvalue weighted by atomic mass is 9.93. The van der Waals surface area contributed by atoms with Crippen LogP contribution in [0.4, 0.5) is 0 Å². The standard InChI is InChI=1S/C13H16Br2OS/c14-12-8-10(13(15)17-12)11(16)7-9-5-3-1-2-4-6-9/h8-9H,1-7H2. The van der Waals surface area contributed by atoms with Gasteiger partial charge in [-0.15, -0.1) is 11.3 Å². The van der Waals surface area contributed by atoms with Crippen LogP contribution in [0.3, 0.4) is 0 Å². The first-order chi connectivity index (χ1) is 8.16. The van der Waals surface area contributed by atoms with Gasteiger partial charge in [0.15, 0.2) is 5.78 Å². The normalized spacial score (nSPS) is 18.0. The van der Waals surface area contributed by atoms with Crippen LogP contribution in [0, 0.1) is 5.92 Å². The van der Waals surface area contributed by atoms with E-state index in [0.29, 0.717) is 11.7 Å². The van der Waals surface area contributed by atoms with Gasteiger partial charge in [0.05, 0.1) is 7.57 Å². The molecule has 0 aliphatic heterocycles. The minimum Gasteiger partial charge on any atom is -0.294 e. The van der Waals surface area contributed by atoms with Crippen LogP contribution >= 0.6 is 43.2 Å². The highest BCUT2D eigenvalue weighted by molar-refractivity contribution is 9.12. The maximum absolute atomic E-state index is 12.2. The van der Waals surface area contributed by atoms with Gasteiger partial charge in [-0.25, -0.2) is 0 Å². The maximum atomic E-state index is 12.2. The minimum atomic E-state index is 0.297. The van der Waals surface area contributed by atoms with Crippen LogP contribution in [-0.2, 0) is 0 Å². The molecule has 1 aliphatic carbocycles. The quantitative estimate of drug-likeness (QED) is 0.477. The fourth-order valence-electron chi connectivity index (χ4n) is 2.47. The number of halogens is 2. The van der Waals surface area contributed by atoms with Crippen molar-refractivity contribution in [3.05, 3.63) is 19.2 Å². The Morgan fingerprint density at radius 1 is 1.24 bits per heavy atom. The minimum absolute atomic E-state index is 0.297. The van der Waals surface area contributed by atoms with Crippen LogP contribution in [0.15, 0.2) is 13.6 Å². The first-order valence-electron chi connectivity index (χ1n) is 6.15. The summed E-state index contributed by atoms with van der Waals surface area (Å²) in [6.07, 6.45) is 8.47. The molecular weight excluding hydrogens is 364 g/mol. The molecule has 1 heterocycles. The second kappa shape index (κ2) is 6.48. The lowest BCUT2D eigenvalue weighted by Crippen LogP contribution is -2.08.